The summed E-state index contributed by atoms with van der Waals surface area (Å²) in [6, 6.07) is 0. The first-order valence-electron chi connectivity index (χ1n) is 5.15. The maximum absolute atomic E-state index is 9.95. The van der Waals surface area contributed by atoms with Crippen molar-refractivity contribution in [1.29, 1.82) is 0 Å². The second-order valence-corrected chi connectivity index (χ2v) is 4.44. The third-order valence-corrected chi connectivity index (χ3v) is 3.63. The van der Waals surface area contributed by atoms with Gasteiger partial charge in [0.25, 0.3) is 0 Å². The molecule has 1 rings (SSSR count). The van der Waals surface area contributed by atoms with E-state index in [0.29, 0.717) is 5.92 Å². The van der Waals surface area contributed by atoms with Crippen LogP contribution in [0, 0.1) is 12.8 Å². The van der Waals surface area contributed by atoms with E-state index in [1.165, 1.54) is 11.5 Å². The molecule has 0 aliphatic rings. The zero-order chi connectivity index (χ0) is 10.6. The van der Waals surface area contributed by atoms with Crippen molar-refractivity contribution >= 4 is 11.5 Å². The summed E-state index contributed by atoms with van der Waals surface area (Å²) in [5, 5.41) is 13.9. The highest BCUT2D eigenvalue weighted by Gasteiger charge is 2.17. The highest BCUT2D eigenvalue weighted by Crippen LogP contribution is 2.28. The minimum atomic E-state index is -0.375. The van der Waals surface area contributed by atoms with Crippen LogP contribution in [0.3, 0.4) is 0 Å². The van der Waals surface area contributed by atoms with E-state index in [1.807, 2.05) is 6.92 Å². The molecule has 0 spiro atoms. The van der Waals surface area contributed by atoms with Crippen molar-refractivity contribution in [2.45, 2.75) is 46.1 Å². The van der Waals surface area contributed by atoms with E-state index in [9.17, 15) is 5.11 Å². The van der Waals surface area contributed by atoms with E-state index in [4.69, 9.17) is 0 Å². The lowest BCUT2D eigenvalue weighted by Gasteiger charge is -2.15. The Bertz CT molecular complexity index is 271. The summed E-state index contributed by atoms with van der Waals surface area (Å²) in [5.74, 6) is 0.603. The molecular formula is C10H18N2OS. The lowest BCUT2D eigenvalue weighted by atomic mass is 9.95. The zero-order valence-electron chi connectivity index (χ0n) is 9.03. The smallest absolute Gasteiger partial charge is 0.0919 e. The molecule has 1 heterocycles. The fourth-order valence-corrected chi connectivity index (χ4v) is 2.23. The molecule has 1 atom stereocenters. The first kappa shape index (κ1) is 11.6. The fourth-order valence-electron chi connectivity index (χ4n) is 1.59. The van der Waals surface area contributed by atoms with E-state index < -0.39 is 0 Å². The van der Waals surface area contributed by atoms with E-state index in [0.717, 1.165) is 29.8 Å². The second-order valence-electron chi connectivity index (χ2n) is 3.66. The van der Waals surface area contributed by atoms with Crippen LogP contribution in [0.25, 0.3) is 0 Å². The van der Waals surface area contributed by atoms with Crippen LogP contribution in [0.5, 0.6) is 0 Å². The molecule has 1 unspecified atom stereocenters. The van der Waals surface area contributed by atoms with Gasteiger partial charge in [0.2, 0.25) is 0 Å². The van der Waals surface area contributed by atoms with Crippen molar-refractivity contribution in [3.05, 3.63) is 10.6 Å². The first-order chi connectivity index (χ1) is 6.69. The summed E-state index contributed by atoms with van der Waals surface area (Å²) in [6.45, 7) is 6.23. The van der Waals surface area contributed by atoms with Crippen molar-refractivity contribution in [2.75, 3.05) is 0 Å². The van der Waals surface area contributed by atoms with Crippen molar-refractivity contribution in [3.63, 3.8) is 0 Å². The average molecular weight is 214 g/mol. The number of hydrogen-bond acceptors (Lipinski definition) is 4. The molecule has 3 nitrogen and oxygen atoms in total. The SMILES string of the molecule is CCC(CC)CC(O)c1snnc1C. The van der Waals surface area contributed by atoms with Gasteiger partial charge in [-0.1, -0.05) is 31.2 Å². The Balaban J connectivity index is 2.58. The molecule has 0 radical (unpaired) electrons. The summed E-state index contributed by atoms with van der Waals surface area (Å²) in [5.41, 5.74) is 0.869. The number of aryl methyl sites for hydroxylation is 1. The number of aliphatic hydroxyl groups is 1. The van der Waals surface area contributed by atoms with Gasteiger partial charge in [0.05, 0.1) is 16.7 Å². The molecule has 0 bridgehead atoms. The molecule has 0 aromatic carbocycles. The van der Waals surface area contributed by atoms with Gasteiger partial charge in [-0.3, -0.25) is 0 Å². The molecule has 0 aliphatic heterocycles. The fraction of sp³-hybridized carbons (Fsp3) is 0.800. The van der Waals surface area contributed by atoms with Crippen molar-refractivity contribution in [2.24, 2.45) is 5.92 Å². The molecule has 0 amide bonds. The lowest BCUT2D eigenvalue weighted by Crippen LogP contribution is -2.05. The standard InChI is InChI=1S/C10H18N2OS/c1-4-8(5-2)6-9(13)10-7(3)11-12-14-10/h8-9,13H,4-6H2,1-3H3. The van der Waals surface area contributed by atoms with Crippen molar-refractivity contribution < 1.29 is 5.11 Å². The van der Waals surface area contributed by atoms with E-state index in [2.05, 4.69) is 23.4 Å². The van der Waals surface area contributed by atoms with Gasteiger partial charge < -0.3 is 5.11 Å². The van der Waals surface area contributed by atoms with Crippen LogP contribution in [0.1, 0.15) is 49.8 Å². The van der Waals surface area contributed by atoms with Gasteiger partial charge in [-0.2, -0.15) is 0 Å². The van der Waals surface area contributed by atoms with Crippen LogP contribution in [-0.4, -0.2) is 14.7 Å². The maximum Gasteiger partial charge on any atom is 0.0919 e. The number of aromatic nitrogens is 2. The third-order valence-electron chi connectivity index (χ3n) is 2.70. The summed E-state index contributed by atoms with van der Waals surface area (Å²) in [6.07, 6.45) is 2.70. The Hall–Kier alpha value is -0.480. The molecule has 1 aromatic heterocycles. The van der Waals surface area contributed by atoms with E-state index >= 15 is 0 Å². The van der Waals surface area contributed by atoms with Gasteiger partial charge in [-0.05, 0) is 30.8 Å². The maximum atomic E-state index is 9.95. The Morgan fingerprint density at radius 2 is 2.00 bits per heavy atom. The zero-order valence-corrected chi connectivity index (χ0v) is 9.84. The van der Waals surface area contributed by atoms with Crippen LogP contribution >= 0.6 is 11.5 Å². The van der Waals surface area contributed by atoms with Gasteiger partial charge in [-0.15, -0.1) is 5.10 Å². The van der Waals surface area contributed by atoms with Gasteiger partial charge in [-0.25, -0.2) is 0 Å². The molecule has 0 aliphatic carbocycles. The molecule has 1 N–H and O–H groups in total. The summed E-state index contributed by atoms with van der Waals surface area (Å²) < 4.78 is 3.83. The molecule has 1 aromatic rings. The Labute approximate surface area is 89.3 Å². The van der Waals surface area contributed by atoms with Gasteiger partial charge >= 0.3 is 0 Å². The van der Waals surface area contributed by atoms with E-state index in [1.54, 1.807) is 0 Å². The highest BCUT2D eigenvalue weighted by molar-refractivity contribution is 7.05. The molecule has 80 valence electrons. The highest BCUT2D eigenvalue weighted by atomic mass is 32.1. The van der Waals surface area contributed by atoms with Crippen LogP contribution < -0.4 is 0 Å². The Morgan fingerprint density at radius 1 is 1.36 bits per heavy atom. The summed E-state index contributed by atoms with van der Waals surface area (Å²) >= 11 is 1.31. The van der Waals surface area contributed by atoms with Gasteiger partial charge in [0.15, 0.2) is 0 Å². The first-order valence-corrected chi connectivity index (χ1v) is 5.93. The lowest BCUT2D eigenvalue weighted by molar-refractivity contribution is 0.144. The third kappa shape index (κ3) is 2.75. The minimum absolute atomic E-state index is 0.375. The van der Waals surface area contributed by atoms with Crippen LogP contribution in [-0.2, 0) is 0 Å². The minimum Gasteiger partial charge on any atom is -0.387 e. The van der Waals surface area contributed by atoms with Crippen LogP contribution in [0.2, 0.25) is 0 Å². The Kier molecular flexibility index (Phi) is 4.48. The molecule has 0 saturated heterocycles. The number of hydrogen-bond donors (Lipinski definition) is 1. The second kappa shape index (κ2) is 5.41. The van der Waals surface area contributed by atoms with Crippen molar-refractivity contribution in [3.8, 4) is 0 Å². The van der Waals surface area contributed by atoms with E-state index in [-0.39, 0.29) is 6.10 Å². The predicted molar refractivity (Wildman–Crippen MR) is 58.3 cm³/mol. The van der Waals surface area contributed by atoms with Crippen LogP contribution in [0.4, 0.5) is 0 Å². The van der Waals surface area contributed by atoms with Crippen molar-refractivity contribution in [1.82, 2.24) is 9.59 Å². The number of nitrogens with zero attached hydrogens (tertiary/aromatic N) is 2. The summed E-state index contributed by atoms with van der Waals surface area (Å²) in [4.78, 5) is 0.928. The molecule has 0 saturated carbocycles. The van der Waals surface area contributed by atoms with Gasteiger partial charge in [0, 0.05) is 0 Å². The monoisotopic (exact) mass is 214 g/mol. The Morgan fingerprint density at radius 3 is 2.43 bits per heavy atom. The normalized spacial score (nSPS) is 13.5. The average Bonchev–Trinajstić information content (AvgIpc) is 2.60. The molecule has 0 fully saturated rings. The molecular weight excluding hydrogens is 196 g/mol. The topological polar surface area (TPSA) is 46.0 Å². The number of rotatable bonds is 5. The largest absolute Gasteiger partial charge is 0.387 e. The van der Waals surface area contributed by atoms with Crippen LogP contribution in [0.15, 0.2) is 0 Å². The molecule has 4 heteroatoms. The number of aliphatic hydroxyl groups excluding tert-OH is 1. The quantitative estimate of drug-likeness (QED) is 0.819. The predicted octanol–water partition coefficient (Wildman–Crippen LogP) is 2.71. The molecule has 14 heavy (non-hydrogen) atoms. The summed E-state index contributed by atoms with van der Waals surface area (Å²) in [7, 11) is 0. The van der Waals surface area contributed by atoms with Gasteiger partial charge in [0.1, 0.15) is 0 Å².